The molecule has 1 aromatic carbocycles. The zero-order valence-corrected chi connectivity index (χ0v) is 11.2. The molecule has 0 aliphatic rings. The fourth-order valence-electron chi connectivity index (χ4n) is 1.80. The third kappa shape index (κ3) is 2.29. The molecule has 0 aliphatic heterocycles. The van der Waals surface area contributed by atoms with E-state index in [0.29, 0.717) is 10.6 Å². The second kappa shape index (κ2) is 4.90. The Morgan fingerprint density at radius 2 is 2.00 bits per heavy atom. The summed E-state index contributed by atoms with van der Waals surface area (Å²) in [6.45, 7) is 3.79. The van der Waals surface area contributed by atoms with Gasteiger partial charge in [-0.15, -0.1) is 11.3 Å². The van der Waals surface area contributed by atoms with Gasteiger partial charge in [-0.25, -0.2) is 4.39 Å². The summed E-state index contributed by atoms with van der Waals surface area (Å²) in [5.74, 6) is -0.418. The van der Waals surface area contributed by atoms with E-state index in [-0.39, 0.29) is 11.3 Å². The number of rotatable bonds is 3. The average molecular weight is 264 g/mol. The van der Waals surface area contributed by atoms with Crippen LogP contribution in [0.15, 0.2) is 24.3 Å². The number of aryl methyl sites for hydroxylation is 2. The number of thiophene rings is 1. The molecule has 1 heterocycles. The summed E-state index contributed by atoms with van der Waals surface area (Å²) in [6, 6.07) is 6.21. The van der Waals surface area contributed by atoms with Gasteiger partial charge >= 0.3 is 0 Å². The van der Waals surface area contributed by atoms with Crippen molar-refractivity contribution in [3.8, 4) is 5.75 Å². The summed E-state index contributed by atoms with van der Waals surface area (Å²) in [5.41, 5.74) is 0.971. The number of hydrogen-bond acceptors (Lipinski definition) is 3. The van der Waals surface area contributed by atoms with Crippen LogP contribution in [0.4, 0.5) is 4.39 Å². The summed E-state index contributed by atoms with van der Waals surface area (Å²) in [7, 11) is 1.46. The first-order valence-electron chi connectivity index (χ1n) is 5.48. The normalized spacial score (nSPS) is 10.4. The number of ketones is 1. The van der Waals surface area contributed by atoms with Crippen LogP contribution in [0.2, 0.25) is 0 Å². The van der Waals surface area contributed by atoms with Gasteiger partial charge in [-0.2, -0.15) is 0 Å². The van der Waals surface area contributed by atoms with Crippen LogP contribution < -0.4 is 4.74 Å². The second-order valence-electron chi connectivity index (χ2n) is 4.04. The maximum atomic E-state index is 13.8. The average Bonchev–Trinajstić information content (AvgIpc) is 2.67. The molecule has 2 aromatic rings. The van der Waals surface area contributed by atoms with Crippen LogP contribution >= 0.6 is 11.3 Å². The monoisotopic (exact) mass is 264 g/mol. The smallest absolute Gasteiger partial charge is 0.206 e. The van der Waals surface area contributed by atoms with E-state index in [0.717, 1.165) is 10.4 Å². The number of methoxy groups -OCH3 is 1. The topological polar surface area (TPSA) is 26.3 Å². The van der Waals surface area contributed by atoms with Gasteiger partial charge in [-0.05, 0) is 37.6 Å². The Labute approximate surface area is 109 Å². The fraction of sp³-hybridized carbons (Fsp3) is 0.214. The molecule has 0 atom stereocenters. The van der Waals surface area contributed by atoms with Gasteiger partial charge in [0.05, 0.1) is 17.6 Å². The van der Waals surface area contributed by atoms with Crippen molar-refractivity contribution in [1.82, 2.24) is 0 Å². The molecule has 2 rings (SSSR count). The lowest BCUT2D eigenvalue weighted by Crippen LogP contribution is -2.03. The summed E-state index contributed by atoms with van der Waals surface area (Å²) in [6.07, 6.45) is 0. The van der Waals surface area contributed by atoms with Crippen LogP contribution in [-0.4, -0.2) is 12.9 Å². The lowest BCUT2D eigenvalue weighted by Gasteiger charge is -2.04. The molecule has 94 valence electrons. The summed E-state index contributed by atoms with van der Waals surface area (Å²) in [5, 5.41) is 0. The largest absolute Gasteiger partial charge is 0.497 e. The van der Waals surface area contributed by atoms with E-state index in [1.807, 2.05) is 19.9 Å². The third-order valence-electron chi connectivity index (χ3n) is 2.67. The van der Waals surface area contributed by atoms with Crippen molar-refractivity contribution in [1.29, 1.82) is 0 Å². The minimum absolute atomic E-state index is 0.0840. The highest BCUT2D eigenvalue weighted by Gasteiger charge is 2.18. The highest BCUT2D eigenvalue weighted by atomic mass is 32.1. The molecule has 0 saturated heterocycles. The highest BCUT2D eigenvalue weighted by Crippen LogP contribution is 2.26. The molecule has 4 heteroatoms. The van der Waals surface area contributed by atoms with Gasteiger partial charge in [-0.3, -0.25) is 4.79 Å². The van der Waals surface area contributed by atoms with Gasteiger partial charge in [0.15, 0.2) is 0 Å². The number of carbonyl (C=O) groups is 1. The maximum Gasteiger partial charge on any atom is 0.206 e. The van der Waals surface area contributed by atoms with Crippen molar-refractivity contribution in [2.45, 2.75) is 13.8 Å². The van der Waals surface area contributed by atoms with Gasteiger partial charge in [0, 0.05) is 10.9 Å². The number of halogens is 1. The predicted octanol–water partition coefficient (Wildman–Crippen LogP) is 3.74. The number of benzene rings is 1. The Morgan fingerprint density at radius 1 is 1.28 bits per heavy atom. The standard InChI is InChI=1S/C14H13FO2S/c1-8-6-9(2)18-14(8)13(16)11-5-4-10(17-3)7-12(11)15/h4-7H,1-3H3. The molecule has 0 bridgehead atoms. The fourth-order valence-corrected chi connectivity index (χ4v) is 2.78. The van der Waals surface area contributed by atoms with E-state index >= 15 is 0 Å². The van der Waals surface area contributed by atoms with Gasteiger partial charge in [-0.1, -0.05) is 0 Å². The molecule has 0 aliphatic carbocycles. The van der Waals surface area contributed by atoms with Crippen LogP contribution in [0.3, 0.4) is 0 Å². The van der Waals surface area contributed by atoms with E-state index in [4.69, 9.17) is 4.74 Å². The van der Waals surface area contributed by atoms with Crippen molar-refractivity contribution in [3.05, 3.63) is 51.0 Å². The Kier molecular flexibility index (Phi) is 3.48. The predicted molar refractivity (Wildman–Crippen MR) is 70.2 cm³/mol. The first-order valence-corrected chi connectivity index (χ1v) is 6.30. The van der Waals surface area contributed by atoms with Crippen molar-refractivity contribution in [2.75, 3.05) is 7.11 Å². The molecule has 0 unspecified atom stereocenters. The van der Waals surface area contributed by atoms with Crippen LogP contribution in [-0.2, 0) is 0 Å². The first-order chi connectivity index (χ1) is 8.52. The quantitative estimate of drug-likeness (QED) is 0.789. The number of ether oxygens (including phenoxy) is 1. The summed E-state index contributed by atoms with van der Waals surface area (Å²) < 4.78 is 18.7. The summed E-state index contributed by atoms with van der Waals surface area (Å²) in [4.78, 5) is 13.9. The number of hydrogen-bond donors (Lipinski definition) is 0. The first kappa shape index (κ1) is 12.8. The van der Waals surface area contributed by atoms with Gasteiger partial charge in [0.2, 0.25) is 5.78 Å². The minimum Gasteiger partial charge on any atom is -0.497 e. The van der Waals surface area contributed by atoms with E-state index < -0.39 is 5.82 Å². The maximum absolute atomic E-state index is 13.8. The molecule has 1 aromatic heterocycles. The van der Waals surface area contributed by atoms with Crippen LogP contribution in [0.1, 0.15) is 25.7 Å². The Balaban J connectivity index is 2.43. The zero-order chi connectivity index (χ0) is 13.3. The van der Waals surface area contributed by atoms with E-state index in [1.54, 1.807) is 6.07 Å². The van der Waals surface area contributed by atoms with Crippen LogP contribution in [0.25, 0.3) is 0 Å². The Morgan fingerprint density at radius 3 is 2.50 bits per heavy atom. The van der Waals surface area contributed by atoms with Crippen molar-refractivity contribution in [3.63, 3.8) is 0 Å². The van der Waals surface area contributed by atoms with Crippen molar-refractivity contribution >= 4 is 17.1 Å². The van der Waals surface area contributed by atoms with Crippen LogP contribution in [0, 0.1) is 19.7 Å². The molecule has 0 amide bonds. The molecule has 0 N–H and O–H groups in total. The molecular weight excluding hydrogens is 251 g/mol. The third-order valence-corrected chi connectivity index (χ3v) is 3.82. The zero-order valence-electron chi connectivity index (χ0n) is 10.4. The molecule has 18 heavy (non-hydrogen) atoms. The minimum atomic E-state index is -0.551. The summed E-state index contributed by atoms with van der Waals surface area (Å²) >= 11 is 1.39. The van der Waals surface area contributed by atoms with E-state index in [1.165, 1.54) is 30.6 Å². The van der Waals surface area contributed by atoms with E-state index in [2.05, 4.69) is 0 Å². The Bertz CT molecular complexity index is 602. The van der Waals surface area contributed by atoms with Crippen molar-refractivity contribution in [2.24, 2.45) is 0 Å². The van der Waals surface area contributed by atoms with Gasteiger partial charge in [0.1, 0.15) is 11.6 Å². The van der Waals surface area contributed by atoms with E-state index in [9.17, 15) is 9.18 Å². The molecule has 0 saturated carbocycles. The molecule has 0 fully saturated rings. The van der Waals surface area contributed by atoms with Gasteiger partial charge < -0.3 is 4.74 Å². The SMILES string of the molecule is COc1ccc(C(=O)c2sc(C)cc2C)c(F)c1. The second-order valence-corrected chi connectivity index (χ2v) is 5.30. The molecule has 2 nitrogen and oxygen atoms in total. The lowest BCUT2D eigenvalue weighted by molar-refractivity contribution is 0.103. The molecular formula is C14H13FO2S. The van der Waals surface area contributed by atoms with Gasteiger partial charge in [0.25, 0.3) is 0 Å². The molecule has 0 radical (unpaired) electrons. The Hall–Kier alpha value is -1.68. The van der Waals surface area contributed by atoms with Crippen molar-refractivity contribution < 1.29 is 13.9 Å². The lowest BCUT2D eigenvalue weighted by atomic mass is 10.1. The number of carbonyl (C=O) groups excluding carboxylic acids is 1. The highest BCUT2D eigenvalue weighted by molar-refractivity contribution is 7.14. The molecule has 0 spiro atoms. The van der Waals surface area contributed by atoms with Crippen LogP contribution in [0.5, 0.6) is 5.75 Å².